The van der Waals surface area contributed by atoms with Crippen molar-refractivity contribution in [3.8, 4) is 5.88 Å². The maximum Gasteiger partial charge on any atom is 0.264 e. The van der Waals surface area contributed by atoms with E-state index >= 15 is 0 Å². The highest BCUT2D eigenvalue weighted by atomic mass is 35.5. The molecule has 0 aliphatic heterocycles. The Bertz CT molecular complexity index is 364. The van der Waals surface area contributed by atoms with Crippen LogP contribution < -0.4 is 5.56 Å². The Hall–Kier alpha value is -1.10. The van der Waals surface area contributed by atoms with Crippen LogP contribution in [0.3, 0.4) is 0 Å². The molecule has 0 aliphatic carbocycles. The molecule has 1 aromatic heterocycles. The van der Waals surface area contributed by atoms with Crippen LogP contribution in [0.4, 0.5) is 8.78 Å². The number of nitrogens with one attached hydrogen (secondary N) is 1. The summed E-state index contributed by atoms with van der Waals surface area (Å²) in [5.74, 6) is -0.875. The summed E-state index contributed by atoms with van der Waals surface area (Å²) in [6.45, 7) is 0. The van der Waals surface area contributed by atoms with Crippen molar-refractivity contribution < 1.29 is 13.9 Å². The number of aromatic nitrogens is 1. The summed E-state index contributed by atoms with van der Waals surface area (Å²) in [5.41, 5.74) is -1.45. The van der Waals surface area contributed by atoms with Crippen LogP contribution in [0.15, 0.2) is 10.9 Å². The van der Waals surface area contributed by atoms with Crippen LogP contribution in [0.25, 0.3) is 0 Å². The van der Waals surface area contributed by atoms with Crippen LogP contribution in [0.1, 0.15) is 17.6 Å². The van der Waals surface area contributed by atoms with E-state index in [1.165, 1.54) is 0 Å². The van der Waals surface area contributed by atoms with Crippen LogP contribution in [-0.4, -0.2) is 10.1 Å². The van der Waals surface area contributed by atoms with Crippen molar-refractivity contribution in [2.75, 3.05) is 0 Å². The normalized spacial score (nSPS) is 10.8. The quantitative estimate of drug-likeness (QED) is 0.730. The second-order valence-corrected chi connectivity index (χ2v) is 2.62. The summed E-state index contributed by atoms with van der Waals surface area (Å²) < 4.78 is 24.5. The number of hydrogen-bond acceptors (Lipinski definition) is 2. The van der Waals surface area contributed by atoms with Gasteiger partial charge >= 0.3 is 0 Å². The van der Waals surface area contributed by atoms with Gasteiger partial charge in [0.1, 0.15) is 0 Å². The fourth-order valence-corrected chi connectivity index (χ4v) is 1.21. The molecule has 2 N–H and O–H groups in total. The molecule has 0 saturated carbocycles. The largest absolute Gasteiger partial charge is 0.494 e. The van der Waals surface area contributed by atoms with Crippen molar-refractivity contribution >= 4 is 11.6 Å². The summed E-state index contributed by atoms with van der Waals surface area (Å²) in [4.78, 5) is 12.7. The molecule has 0 fully saturated rings. The van der Waals surface area contributed by atoms with E-state index in [4.69, 9.17) is 16.7 Å². The van der Waals surface area contributed by atoms with Gasteiger partial charge in [-0.1, -0.05) is 0 Å². The van der Waals surface area contributed by atoms with E-state index in [-0.39, 0.29) is 11.4 Å². The number of H-pyrrole nitrogens is 1. The summed E-state index contributed by atoms with van der Waals surface area (Å²) >= 11 is 5.32. The Morgan fingerprint density at radius 3 is 2.69 bits per heavy atom. The predicted octanol–water partition coefficient (Wildman–Crippen LogP) is 1.76. The second-order valence-electron chi connectivity index (χ2n) is 2.35. The summed E-state index contributed by atoms with van der Waals surface area (Å²) in [6, 6.07) is 0.724. The number of aromatic amines is 1. The molecule has 0 aliphatic rings. The van der Waals surface area contributed by atoms with E-state index in [1.54, 1.807) is 0 Å². The van der Waals surface area contributed by atoms with E-state index in [0.29, 0.717) is 0 Å². The SMILES string of the molecule is O=c1cc(C(F)F)c(CCl)c(O)[nH]1. The van der Waals surface area contributed by atoms with Crippen LogP contribution in [-0.2, 0) is 5.88 Å². The van der Waals surface area contributed by atoms with E-state index < -0.39 is 23.4 Å². The standard InChI is InChI=1S/C7H6ClF2NO2/c8-2-4-3(6(9)10)1-5(12)11-7(4)13/h1,6H,2H2,(H2,11,12,13). The Labute approximate surface area is 77.0 Å². The van der Waals surface area contributed by atoms with Crippen molar-refractivity contribution in [3.63, 3.8) is 0 Å². The highest BCUT2D eigenvalue weighted by Crippen LogP contribution is 2.27. The van der Waals surface area contributed by atoms with Gasteiger partial charge in [-0.15, -0.1) is 11.6 Å². The first-order valence-electron chi connectivity index (χ1n) is 3.35. The van der Waals surface area contributed by atoms with Crippen molar-refractivity contribution in [3.05, 3.63) is 27.5 Å². The third-order valence-corrected chi connectivity index (χ3v) is 1.80. The number of halogens is 3. The first-order valence-corrected chi connectivity index (χ1v) is 3.89. The fourth-order valence-electron chi connectivity index (χ4n) is 0.928. The summed E-state index contributed by atoms with van der Waals surface area (Å²) in [5, 5.41) is 9.05. The first-order chi connectivity index (χ1) is 6.06. The molecule has 1 aromatic rings. The van der Waals surface area contributed by atoms with Gasteiger partial charge in [-0.3, -0.25) is 9.78 Å². The van der Waals surface area contributed by atoms with Crippen molar-refractivity contribution in [2.45, 2.75) is 12.3 Å². The highest BCUT2D eigenvalue weighted by Gasteiger charge is 2.16. The van der Waals surface area contributed by atoms with Gasteiger partial charge in [0, 0.05) is 17.2 Å². The lowest BCUT2D eigenvalue weighted by Crippen LogP contribution is -2.08. The first kappa shape index (κ1) is 9.98. The Morgan fingerprint density at radius 1 is 1.62 bits per heavy atom. The maximum absolute atomic E-state index is 12.3. The number of alkyl halides is 3. The number of pyridine rings is 1. The zero-order valence-corrected chi connectivity index (χ0v) is 7.11. The molecular weight excluding hydrogens is 204 g/mol. The Balaban J connectivity index is 3.38. The smallest absolute Gasteiger partial charge is 0.264 e. The summed E-state index contributed by atoms with van der Waals surface area (Å²) in [7, 11) is 0. The van der Waals surface area contributed by atoms with Crippen LogP contribution >= 0.6 is 11.6 Å². The van der Waals surface area contributed by atoms with E-state index in [0.717, 1.165) is 6.07 Å². The molecule has 0 amide bonds. The molecule has 72 valence electrons. The Morgan fingerprint density at radius 2 is 2.23 bits per heavy atom. The topological polar surface area (TPSA) is 53.1 Å². The second kappa shape index (κ2) is 3.74. The van der Waals surface area contributed by atoms with Crippen molar-refractivity contribution in [2.24, 2.45) is 0 Å². The lowest BCUT2D eigenvalue weighted by Gasteiger charge is -2.06. The lowest BCUT2D eigenvalue weighted by atomic mass is 10.1. The van der Waals surface area contributed by atoms with E-state index in [2.05, 4.69) is 0 Å². The van der Waals surface area contributed by atoms with E-state index in [9.17, 15) is 13.6 Å². The van der Waals surface area contributed by atoms with Gasteiger partial charge in [0.25, 0.3) is 12.0 Å². The number of rotatable bonds is 2. The number of hydrogen-bond donors (Lipinski definition) is 2. The summed E-state index contributed by atoms with van der Waals surface area (Å²) in [6.07, 6.45) is -2.82. The zero-order chi connectivity index (χ0) is 10.0. The average molecular weight is 210 g/mol. The molecule has 0 aromatic carbocycles. The fraction of sp³-hybridized carbons (Fsp3) is 0.286. The molecular formula is C7H6ClF2NO2. The molecule has 3 nitrogen and oxygen atoms in total. The minimum Gasteiger partial charge on any atom is -0.494 e. The molecule has 0 saturated heterocycles. The zero-order valence-electron chi connectivity index (χ0n) is 6.35. The average Bonchev–Trinajstić information content (AvgIpc) is 2.02. The molecule has 0 spiro atoms. The van der Waals surface area contributed by atoms with Gasteiger partial charge in [-0.2, -0.15) is 0 Å². The van der Waals surface area contributed by atoms with Crippen LogP contribution in [0, 0.1) is 0 Å². The lowest BCUT2D eigenvalue weighted by molar-refractivity contribution is 0.149. The third-order valence-electron chi connectivity index (χ3n) is 1.53. The molecule has 0 bridgehead atoms. The van der Waals surface area contributed by atoms with Crippen LogP contribution in [0.2, 0.25) is 0 Å². The maximum atomic E-state index is 12.3. The molecule has 1 heterocycles. The van der Waals surface area contributed by atoms with Gasteiger partial charge in [-0.25, -0.2) is 8.78 Å². The minimum atomic E-state index is -2.82. The molecule has 0 unspecified atom stereocenters. The van der Waals surface area contributed by atoms with Gasteiger partial charge < -0.3 is 5.11 Å². The monoisotopic (exact) mass is 209 g/mol. The third kappa shape index (κ3) is 1.98. The van der Waals surface area contributed by atoms with Gasteiger partial charge in [-0.05, 0) is 0 Å². The minimum absolute atomic E-state index is 0.142. The predicted molar refractivity (Wildman–Crippen MR) is 43.2 cm³/mol. The number of aromatic hydroxyl groups is 1. The molecule has 1 rings (SSSR count). The van der Waals surface area contributed by atoms with Crippen molar-refractivity contribution in [1.82, 2.24) is 4.98 Å². The molecule has 6 heteroatoms. The van der Waals surface area contributed by atoms with Gasteiger partial charge in [0.2, 0.25) is 0 Å². The van der Waals surface area contributed by atoms with Gasteiger partial charge in [0.15, 0.2) is 5.88 Å². The molecule has 13 heavy (non-hydrogen) atoms. The van der Waals surface area contributed by atoms with Gasteiger partial charge in [0.05, 0.1) is 5.88 Å². The molecule has 0 atom stereocenters. The highest BCUT2D eigenvalue weighted by molar-refractivity contribution is 6.17. The Kier molecular flexibility index (Phi) is 2.87. The molecule has 0 radical (unpaired) electrons. The van der Waals surface area contributed by atoms with Crippen LogP contribution in [0.5, 0.6) is 5.88 Å². The van der Waals surface area contributed by atoms with E-state index in [1.807, 2.05) is 4.98 Å². The van der Waals surface area contributed by atoms with Crippen molar-refractivity contribution in [1.29, 1.82) is 0 Å².